The molecule has 0 atom stereocenters. The van der Waals surface area contributed by atoms with Crippen LogP contribution in [0.25, 0.3) is 0 Å². The Kier molecular flexibility index (Phi) is 3.24. The third-order valence-electron chi connectivity index (χ3n) is 1.10. The summed E-state index contributed by atoms with van der Waals surface area (Å²) in [5.41, 5.74) is 0. The Labute approximate surface area is 60.7 Å². The minimum atomic E-state index is 0.857. The van der Waals surface area contributed by atoms with Crippen molar-refractivity contribution >= 4 is 12.4 Å². The van der Waals surface area contributed by atoms with Crippen LogP contribution in [0.2, 0.25) is 0 Å². The van der Waals surface area contributed by atoms with Gasteiger partial charge in [0.1, 0.15) is 0 Å². The van der Waals surface area contributed by atoms with E-state index in [1.54, 1.807) is 18.6 Å². The Hall–Kier alpha value is -1.18. The smallest absolute Gasteiger partial charge is 0.0446 e. The molecule has 0 aliphatic carbocycles. The van der Waals surface area contributed by atoms with Crippen LogP contribution in [0.5, 0.6) is 0 Å². The Bertz CT molecular complexity index is 165. The van der Waals surface area contributed by atoms with E-state index >= 15 is 0 Å². The van der Waals surface area contributed by atoms with Crippen molar-refractivity contribution in [2.75, 3.05) is 6.54 Å². The van der Waals surface area contributed by atoms with Gasteiger partial charge >= 0.3 is 0 Å². The number of aliphatic imine (C=N–C) groups is 2. The van der Waals surface area contributed by atoms with Gasteiger partial charge in [0.05, 0.1) is 0 Å². The first-order chi connectivity index (χ1) is 5.00. The van der Waals surface area contributed by atoms with Crippen molar-refractivity contribution in [3.05, 3.63) is 24.4 Å². The Morgan fingerprint density at radius 1 is 1.10 bits per heavy atom. The molecule has 1 rings (SSSR count). The molecule has 2 heteroatoms. The monoisotopic (exact) mass is 134 g/mol. The first kappa shape index (κ1) is 6.93. The van der Waals surface area contributed by atoms with E-state index in [0.29, 0.717) is 0 Å². The summed E-state index contributed by atoms with van der Waals surface area (Å²) in [5, 5.41) is 0. The third kappa shape index (κ3) is 2.97. The maximum atomic E-state index is 4.07. The van der Waals surface area contributed by atoms with Gasteiger partial charge in [-0.15, -0.1) is 0 Å². The summed E-state index contributed by atoms with van der Waals surface area (Å²) in [4.78, 5) is 8.00. The molecule has 0 aromatic carbocycles. The number of rotatable bonds is 0. The van der Waals surface area contributed by atoms with Gasteiger partial charge in [-0.2, -0.15) is 0 Å². The molecule has 0 N–H and O–H groups in total. The van der Waals surface area contributed by atoms with E-state index in [2.05, 4.69) is 16.1 Å². The van der Waals surface area contributed by atoms with Crippen LogP contribution in [0.4, 0.5) is 0 Å². The standard InChI is InChI=1S/C8H10N2/c1-2-4-6-10-8-7-9-5-3-1/h1-3,5,7-8H,4,6H2/b2-1+,5-3-,9-7?,10-8?. The number of allylic oxidation sites excluding steroid dienone is 2. The number of nitrogens with zero attached hydrogens (tertiary/aromatic N) is 2. The molecule has 1 heterocycles. The van der Waals surface area contributed by atoms with E-state index in [9.17, 15) is 0 Å². The molecule has 0 saturated carbocycles. The van der Waals surface area contributed by atoms with Crippen molar-refractivity contribution in [1.29, 1.82) is 0 Å². The second kappa shape index (κ2) is 4.68. The van der Waals surface area contributed by atoms with Crippen LogP contribution >= 0.6 is 0 Å². The van der Waals surface area contributed by atoms with Crippen LogP contribution in [0, 0.1) is 0 Å². The second-order valence-corrected chi connectivity index (χ2v) is 1.91. The lowest BCUT2D eigenvalue weighted by molar-refractivity contribution is 1.01. The molecular weight excluding hydrogens is 124 g/mol. The van der Waals surface area contributed by atoms with Crippen LogP contribution in [0.15, 0.2) is 34.4 Å². The molecule has 0 spiro atoms. The fourth-order valence-electron chi connectivity index (χ4n) is 0.633. The van der Waals surface area contributed by atoms with Gasteiger partial charge in [0.25, 0.3) is 0 Å². The predicted octanol–water partition coefficient (Wildman–Crippen LogP) is 1.60. The zero-order valence-corrected chi connectivity index (χ0v) is 5.77. The third-order valence-corrected chi connectivity index (χ3v) is 1.10. The zero-order chi connectivity index (χ0) is 7.07. The number of hydrogen-bond acceptors (Lipinski definition) is 2. The van der Waals surface area contributed by atoms with Crippen molar-refractivity contribution in [1.82, 2.24) is 0 Å². The quantitative estimate of drug-likeness (QED) is 0.480. The van der Waals surface area contributed by atoms with Gasteiger partial charge in [0, 0.05) is 25.2 Å². The maximum Gasteiger partial charge on any atom is 0.0446 e. The van der Waals surface area contributed by atoms with Gasteiger partial charge in [-0.3, -0.25) is 9.98 Å². The molecule has 0 bridgehead atoms. The SMILES string of the molecule is C1=N/C=C\C=C\CCN=C1. The molecule has 10 heavy (non-hydrogen) atoms. The molecule has 1 aliphatic rings. The van der Waals surface area contributed by atoms with Crippen LogP contribution < -0.4 is 0 Å². The van der Waals surface area contributed by atoms with Gasteiger partial charge in [0.15, 0.2) is 0 Å². The number of hydrogen-bond donors (Lipinski definition) is 0. The van der Waals surface area contributed by atoms with Crippen molar-refractivity contribution < 1.29 is 0 Å². The van der Waals surface area contributed by atoms with E-state index in [-0.39, 0.29) is 0 Å². The Balaban J connectivity index is 2.53. The van der Waals surface area contributed by atoms with Crippen molar-refractivity contribution in [3.8, 4) is 0 Å². The summed E-state index contributed by atoms with van der Waals surface area (Å²) in [6.07, 6.45) is 12.1. The maximum absolute atomic E-state index is 4.07. The summed E-state index contributed by atoms with van der Waals surface area (Å²) in [6.45, 7) is 0.857. The van der Waals surface area contributed by atoms with E-state index in [4.69, 9.17) is 0 Å². The summed E-state index contributed by atoms with van der Waals surface area (Å²) < 4.78 is 0. The average Bonchev–Trinajstić information content (AvgIpc) is 2.01. The molecule has 1 aliphatic heterocycles. The average molecular weight is 134 g/mol. The molecule has 52 valence electrons. The van der Waals surface area contributed by atoms with Crippen LogP contribution in [0.3, 0.4) is 0 Å². The predicted molar refractivity (Wildman–Crippen MR) is 44.7 cm³/mol. The topological polar surface area (TPSA) is 24.7 Å². The molecular formula is C8H10N2. The van der Waals surface area contributed by atoms with E-state index in [1.807, 2.05) is 12.2 Å². The van der Waals surface area contributed by atoms with Crippen molar-refractivity contribution in [2.24, 2.45) is 9.98 Å². The van der Waals surface area contributed by atoms with E-state index in [0.717, 1.165) is 13.0 Å². The lowest BCUT2D eigenvalue weighted by atomic mass is 10.3. The second-order valence-electron chi connectivity index (χ2n) is 1.91. The highest BCUT2D eigenvalue weighted by molar-refractivity contribution is 6.16. The van der Waals surface area contributed by atoms with Gasteiger partial charge in [-0.25, -0.2) is 0 Å². The van der Waals surface area contributed by atoms with Crippen molar-refractivity contribution in [2.45, 2.75) is 6.42 Å². The normalized spacial score (nSPS) is 24.0. The van der Waals surface area contributed by atoms with Gasteiger partial charge in [-0.1, -0.05) is 12.2 Å². The van der Waals surface area contributed by atoms with E-state index in [1.165, 1.54) is 0 Å². The summed E-state index contributed by atoms with van der Waals surface area (Å²) in [7, 11) is 0. The lowest BCUT2D eigenvalue weighted by Crippen LogP contribution is -1.81. The molecule has 0 saturated heterocycles. The molecule has 0 amide bonds. The van der Waals surface area contributed by atoms with Crippen molar-refractivity contribution in [3.63, 3.8) is 0 Å². The summed E-state index contributed by atoms with van der Waals surface area (Å²) in [5.74, 6) is 0. The molecule has 0 unspecified atom stereocenters. The van der Waals surface area contributed by atoms with Gasteiger partial charge < -0.3 is 0 Å². The fourth-order valence-corrected chi connectivity index (χ4v) is 0.633. The first-order valence-electron chi connectivity index (χ1n) is 3.33. The lowest BCUT2D eigenvalue weighted by Gasteiger charge is -1.85. The van der Waals surface area contributed by atoms with Crippen LogP contribution in [-0.2, 0) is 0 Å². The van der Waals surface area contributed by atoms with Gasteiger partial charge in [0.2, 0.25) is 0 Å². The minimum absolute atomic E-state index is 0.857. The summed E-state index contributed by atoms with van der Waals surface area (Å²) >= 11 is 0. The van der Waals surface area contributed by atoms with Crippen LogP contribution in [-0.4, -0.2) is 19.0 Å². The fraction of sp³-hybridized carbons (Fsp3) is 0.250. The molecule has 0 aromatic rings. The highest BCUT2D eigenvalue weighted by atomic mass is 14.7. The van der Waals surface area contributed by atoms with Gasteiger partial charge in [-0.05, 0) is 12.5 Å². The Morgan fingerprint density at radius 3 is 3.10 bits per heavy atom. The zero-order valence-electron chi connectivity index (χ0n) is 5.77. The summed E-state index contributed by atoms with van der Waals surface area (Å²) in [6, 6.07) is 0. The molecule has 0 aromatic heterocycles. The minimum Gasteiger partial charge on any atom is -0.291 e. The highest BCUT2D eigenvalue weighted by Gasteiger charge is 1.75. The first-order valence-corrected chi connectivity index (χ1v) is 3.33. The molecule has 2 nitrogen and oxygen atoms in total. The highest BCUT2D eigenvalue weighted by Crippen LogP contribution is 1.86. The Morgan fingerprint density at radius 2 is 2.10 bits per heavy atom. The largest absolute Gasteiger partial charge is 0.291 e. The van der Waals surface area contributed by atoms with E-state index < -0.39 is 0 Å². The molecule has 0 fully saturated rings. The van der Waals surface area contributed by atoms with Crippen LogP contribution in [0.1, 0.15) is 6.42 Å². The molecule has 0 radical (unpaired) electrons.